The zero-order chi connectivity index (χ0) is 23.3. The molecule has 2 heterocycles. The number of aromatic nitrogens is 1. The van der Waals surface area contributed by atoms with Gasteiger partial charge >= 0.3 is 0 Å². The van der Waals surface area contributed by atoms with E-state index < -0.39 is 0 Å². The molecule has 174 valence electrons. The lowest BCUT2D eigenvalue weighted by molar-refractivity contribution is 0.0758. The number of aryl methyl sites for hydroxylation is 2. The maximum Gasteiger partial charge on any atom is 0.119 e. The number of fused-ring (bicyclic) bond motifs is 4. The van der Waals surface area contributed by atoms with Crippen LogP contribution in [0.5, 0.6) is 5.75 Å². The maximum atomic E-state index is 5.66. The van der Waals surface area contributed by atoms with E-state index in [4.69, 9.17) is 4.74 Å². The maximum absolute atomic E-state index is 5.66. The second-order valence-electron chi connectivity index (χ2n) is 10.4. The Kier molecular flexibility index (Phi) is 5.26. The van der Waals surface area contributed by atoms with Gasteiger partial charge in [-0.05, 0) is 79.1 Å². The minimum atomic E-state index is 0.145. The first-order chi connectivity index (χ1) is 16.6. The van der Waals surface area contributed by atoms with Crippen molar-refractivity contribution in [1.29, 1.82) is 0 Å². The highest BCUT2D eigenvalue weighted by Gasteiger charge is 2.48. The first-order valence-corrected chi connectivity index (χ1v) is 12.5. The van der Waals surface area contributed by atoms with E-state index in [0.717, 1.165) is 38.2 Å². The Morgan fingerprint density at radius 3 is 2.68 bits per heavy atom. The molecule has 1 aromatic heterocycles. The molecule has 0 N–H and O–H groups in total. The molecule has 3 nitrogen and oxygen atoms in total. The van der Waals surface area contributed by atoms with Gasteiger partial charge in [0.15, 0.2) is 0 Å². The molecule has 0 radical (unpaired) electrons. The second-order valence-corrected chi connectivity index (χ2v) is 10.4. The van der Waals surface area contributed by atoms with Gasteiger partial charge in [-0.25, -0.2) is 0 Å². The molecule has 0 bridgehead atoms. The topological polar surface area (TPSA) is 17.4 Å². The number of methoxy groups -OCH3 is 1. The quantitative estimate of drug-likeness (QED) is 0.376. The second kappa shape index (κ2) is 8.32. The summed E-state index contributed by atoms with van der Waals surface area (Å²) in [6.45, 7) is 5.49. The van der Waals surface area contributed by atoms with Gasteiger partial charge in [0, 0.05) is 42.1 Å². The molecule has 6 rings (SSSR count). The zero-order valence-electron chi connectivity index (χ0n) is 20.6. The summed E-state index contributed by atoms with van der Waals surface area (Å²) in [4.78, 5) is 2.68. The lowest BCUT2D eigenvalue weighted by Crippen LogP contribution is -2.53. The first-order valence-electron chi connectivity index (χ1n) is 12.5. The summed E-state index contributed by atoms with van der Waals surface area (Å²) in [5, 5.41) is 1.45. The summed E-state index contributed by atoms with van der Waals surface area (Å²) in [7, 11) is 4.05. The molecule has 4 aromatic rings. The summed E-state index contributed by atoms with van der Waals surface area (Å²) in [6.07, 6.45) is 3.42. The van der Waals surface area contributed by atoms with Crippen LogP contribution in [0.15, 0.2) is 72.8 Å². The number of ether oxygens (including phenoxy) is 1. The fraction of sp³-hybridized carbons (Fsp3) is 0.355. The van der Waals surface area contributed by atoms with Gasteiger partial charge in [0.05, 0.1) is 7.11 Å². The Labute approximate surface area is 203 Å². The summed E-state index contributed by atoms with van der Waals surface area (Å²) < 4.78 is 8.14. The molecular weight excluding hydrogens is 416 g/mol. The summed E-state index contributed by atoms with van der Waals surface area (Å²) in [5.74, 6) is 1.55. The highest BCUT2D eigenvalue weighted by Crippen LogP contribution is 2.50. The lowest BCUT2D eigenvalue weighted by atomic mass is 9.58. The molecule has 2 aliphatic rings. The molecule has 1 aliphatic carbocycles. The number of benzene rings is 3. The Hall–Kier alpha value is -3.04. The molecule has 3 aromatic carbocycles. The monoisotopic (exact) mass is 450 g/mol. The molecule has 3 heteroatoms. The number of rotatable bonds is 4. The van der Waals surface area contributed by atoms with E-state index in [1.165, 1.54) is 39.7 Å². The molecule has 1 saturated heterocycles. The molecule has 0 amide bonds. The van der Waals surface area contributed by atoms with Crippen LogP contribution in [-0.4, -0.2) is 29.7 Å². The Bertz CT molecular complexity index is 1340. The number of hydrogen-bond acceptors (Lipinski definition) is 2. The minimum absolute atomic E-state index is 0.145. The summed E-state index contributed by atoms with van der Waals surface area (Å²) >= 11 is 0. The molecule has 2 atom stereocenters. The van der Waals surface area contributed by atoms with E-state index in [0.29, 0.717) is 5.92 Å². The Morgan fingerprint density at radius 1 is 1.00 bits per heavy atom. The average Bonchev–Trinajstić information content (AvgIpc) is 3.13. The number of piperidine rings is 1. The van der Waals surface area contributed by atoms with Gasteiger partial charge in [0.1, 0.15) is 5.75 Å². The van der Waals surface area contributed by atoms with Crippen molar-refractivity contribution in [1.82, 2.24) is 9.47 Å². The van der Waals surface area contributed by atoms with Gasteiger partial charge in [-0.1, -0.05) is 54.6 Å². The molecule has 1 aliphatic heterocycles. The lowest BCUT2D eigenvalue weighted by Gasteiger charge is -2.51. The molecular formula is C31H34N2O. The smallest absolute Gasteiger partial charge is 0.119 e. The normalized spacial score (nSPS) is 22.4. The van der Waals surface area contributed by atoms with E-state index in [1.54, 1.807) is 12.7 Å². The third-order valence-electron chi connectivity index (χ3n) is 8.55. The number of hydrogen-bond donors (Lipinski definition) is 0. The van der Waals surface area contributed by atoms with Crippen molar-refractivity contribution in [2.24, 2.45) is 13.0 Å². The van der Waals surface area contributed by atoms with E-state index >= 15 is 0 Å². The largest absolute Gasteiger partial charge is 0.497 e. The van der Waals surface area contributed by atoms with E-state index in [2.05, 4.69) is 96.2 Å². The zero-order valence-corrected chi connectivity index (χ0v) is 20.6. The van der Waals surface area contributed by atoms with Crippen molar-refractivity contribution in [3.63, 3.8) is 0 Å². The van der Waals surface area contributed by atoms with Crippen molar-refractivity contribution in [3.8, 4) is 5.75 Å². The standard InChI is InChI=1S/C31H34N2O/c1-22-12-13-27-28-18-25-21-33(20-23-8-5-4-6-9-23)15-14-31(25,19-30(28)32(2)29(27)16-22)24-10-7-11-26(17-24)34-3/h4-13,16-17,25H,14-15,18-21H2,1-3H3. The molecule has 34 heavy (non-hydrogen) atoms. The fourth-order valence-electron chi connectivity index (χ4n) is 6.71. The highest BCUT2D eigenvalue weighted by molar-refractivity contribution is 5.86. The average molecular weight is 451 g/mol. The molecule has 0 spiro atoms. The van der Waals surface area contributed by atoms with Gasteiger partial charge in [0.25, 0.3) is 0 Å². The predicted octanol–water partition coefficient (Wildman–Crippen LogP) is 6.05. The first kappa shape index (κ1) is 21.5. The van der Waals surface area contributed by atoms with Crippen LogP contribution in [0.25, 0.3) is 10.9 Å². The van der Waals surface area contributed by atoms with Gasteiger partial charge < -0.3 is 9.30 Å². The third-order valence-corrected chi connectivity index (χ3v) is 8.55. The molecule has 1 fully saturated rings. The van der Waals surface area contributed by atoms with Gasteiger partial charge in [-0.15, -0.1) is 0 Å². The van der Waals surface area contributed by atoms with Gasteiger partial charge in [0.2, 0.25) is 0 Å². The van der Waals surface area contributed by atoms with Crippen LogP contribution in [0, 0.1) is 12.8 Å². The fourth-order valence-corrected chi connectivity index (χ4v) is 6.71. The van der Waals surface area contributed by atoms with E-state index in [1.807, 2.05) is 0 Å². The van der Waals surface area contributed by atoms with Crippen LogP contribution in [-0.2, 0) is 31.8 Å². The van der Waals surface area contributed by atoms with Crippen LogP contribution in [0.1, 0.15) is 34.4 Å². The summed E-state index contributed by atoms with van der Waals surface area (Å²) in [6, 6.07) is 26.8. The van der Waals surface area contributed by atoms with Crippen LogP contribution in [0.4, 0.5) is 0 Å². The Balaban J connectivity index is 1.44. The summed E-state index contributed by atoms with van der Waals surface area (Å²) in [5.41, 5.74) is 8.81. The van der Waals surface area contributed by atoms with Crippen molar-refractivity contribution in [2.75, 3.05) is 20.2 Å². The number of likely N-dealkylation sites (tertiary alicyclic amines) is 1. The Morgan fingerprint density at radius 2 is 1.85 bits per heavy atom. The SMILES string of the molecule is COc1cccc(C23CCN(Cc4ccccc4)CC2Cc2c(n(C)c4cc(C)ccc24)C3)c1. The molecule has 2 unspecified atom stereocenters. The third kappa shape index (κ3) is 3.45. The van der Waals surface area contributed by atoms with Gasteiger partial charge in [-0.3, -0.25) is 4.90 Å². The minimum Gasteiger partial charge on any atom is -0.497 e. The van der Waals surface area contributed by atoms with E-state index in [9.17, 15) is 0 Å². The van der Waals surface area contributed by atoms with Crippen LogP contribution in [0.3, 0.4) is 0 Å². The van der Waals surface area contributed by atoms with E-state index in [-0.39, 0.29) is 5.41 Å². The molecule has 0 saturated carbocycles. The van der Waals surface area contributed by atoms with Gasteiger partial charge in [-0.2, -0.15) is 0 Å². The highest BCUT2D eigenvalue weighted by atomic mass is 16.5. The van der Waals surface area contributed by atoms with Crippen molar-refractivity contribution >= 4 is 10.9 Å². The van der Waals surface area contributed by atoms with Crippen molar-refractivity contribution in [2.45, 2.75) is 38.1 Å². The number of nitrogens with zero attached hydrogens (tertiary/aromatic N) is 2. The predicted molar refractivity (Wildman–Crippen MR) is 140 cm³/mol. The van der Waals surface area contributed by atoms with Crippen molar-refractivity contribution < 1.29 is 4.74 Å². The van der Waals surface area contributed by atoms with Crippen LogP contribution < -0.4 is 4.74 Å². The van der Waals surface area contributed by atoms with Crippen LogP contribution >= 0.6 is 0 Å². The van der Waals surface area contributed by atoms with Crippen molar-refractivity contribution in [3.05, 3.63) is 101 Å². The van der Waals surface area contributed by atoms with Crippen LogP contribution in [0.2, 0.25) is 0 Å².